The number of hydrogen-bond donors (Lipinski definition) is 2. The maximum absolute atomic E-state index is 9.24. The van der Waals surface area contributed by atoms with Crippen molar-refractivity contribution < 1.29 is 37.7 Å². The van der Waals surface area contributed by atoms with Crippen LogP contribution in [0.2, 0.25) is 0 Å². The minimum atomic E-state index is -0.449. The summed E-state index contributed by atoms with van der Waals surface area (Å²) in [5, 5.41) is 18.5. The van der Waals surface area contributed by atoms with Crippen LogP contribution in [0.3, 0.4) is 0 Å². The van der Waals surface area contributed by atoms with Gasteiger partial charge in [0, 0.05) is 0 Å². The zero-order valence-corrected chi connectivity index (χ0v) is 29.6. The van der Waals surface area contributed by atoms with Gasteiger partial charge in [-0.3, -0.25) is 0 Å². The third-order valence-electron chi connectivity index (χ3n) is 5.34. The van der Waals surface area contributed by atoms with E-state index in [2.05, 4.69) is 55.4 Å². The van der Waals surface area contributed by atoms with Crippen LogP contribution in [0.25, 0.3) is 0 Å². The van der Waals surface area contributed by atoms with Gasteiger partial charge in [-0.25, -0.2) is 0 Å². The van der Waals surface area contributed by atoms with Crippen LogP contribution in [0.15, 0.2) is 0 Å². The van der Waals surface area contributed by atoms with E-state index in [4.69, 9.17) is 2.81 Å². The van der Waals surface area contributed by atoms with Gasteiger partial charge < -0.3 is 22.0 Å². The summed E-state index contributed by atoms with van der Waals surface area (Å²) in [6.07, 6.45) is 20.0. The van der Waals surface area contributed by atoms with Gasteiger partial charge in [0.15, 0.2) is 0 Å². The Labute approximate surface area is 245 Å². The van der Waals surface area contributed by atoms with Crippen molar-refractivity contribution in [3.8, 4) is 0 Å². The molecule has 0 fully saturated rings. The van der Waals surface area contributed by atoms with Crippen LogP contribution in [0.4, 0.5) is 0 Å². The van der Waals surface area contributed by atoms with Gasteiger partial charge in [-0.15, -0.1) is 0 Å². The summed E-state index contributed by atoms with van der Waals surface area (Å²) in [5.74, 6) is 3.14. The van der Waals surface area contributed by atoms with Crippen molar-refractivity contribution >= 4 is 0 Å². The molecule has 0 aliphatic carbocycles. The molecule has 2 N–H and O–H groups in total. The van der Waals surface area contributed by atoms with Crippen LogP contribution in [0.5, 0.6) is 0 Å². The van der Waals surface area contributed by atoms with Crippen LogP contribution in [0.1, 0.15) is 186 Å². The fourth-order valence-corrected chi connectivity index (χ4v) is 3.07. The van der Waals surface area contributed by atoms with Gasteiger partial charge in [0.2, 0.25) is 0 Å². The zero-order chi connectivity index (χ0) is 29.5. The monoisotopic (exact) mass is 592 g/mol. The molecule has 0 aromatic heterocycles. The second kappa shape index (κ2) is 35.6. The molecule has 0 saturated heterocycles. The number of hydrogen-bond acceptors (Lipinski definition) is 3. The summed E-state index contributed by atoms with van der Waals surface area (Å²) in [7, 11) is 0. The average molecular weight is 594 g/mol. The molecule has 220 valence electrons. The van der Waals surface area contributed by atoms with E-state index < -0.39 is 11.2 Å². The summed E-state index contributed by atoms with van der Waals surface area (Å²) >= 11 is 0.300. The molecule has 4 heteroatoms. The fourth-order valence-electron chi connectivity index (χ4n) is 3.07. The van der Waals surface area contributed by atoms with Crippen molar-refractivity contribution in [2.45, 2.75) is 197 Å². The Kier molecular flexibility index (Phi) is 45.9. The van der Waals surface area contributed by atoms with Gasteiger partial charge in [-0.2, -0.15) is 40.5 Å². The Balaban J connectivity index is -0.000000116. The number of rotatable bonds is 16. The summed E-state index contributed by atoms with van der Waals surface area (Å²) < 4.78 is 8.34. The van der Waals surface area contributed by atoms with Gasteiger partial charge in [0.25, 0.3) is 0 Å². The first-order valence-electron chi connectivity index (χ1n) is 14.9. The van der Waals surface area contributed by atoms with E-state index in [1.807, 2.05) is 27.7 Å². The van der Waals surface area contributed by atoms with E-state index in [1.165, 1.54) is 77.0 Å². The molecule has 0 aromatic rings. The molecular weight excluding hydrogens is 524 g/mol. The van der Waals surface area contributed by atoms with Crippen molar-refractivity contribution in [2.24, 2.45) is 0 Å². The quantitative estimate of drug-likeness (QED) is 0.138. The van der Waals surface area contributed by atoms with E-state index in [9.17, 15) is 10.2 Å². The van der Waals surface area contributed by atoms with Crippen LogP contribution < -0.4 is 0 Å². The van der Waals surface area contributed by atoms with Crippen molar-refractivity contribution in [2.75, 3.05) is 0 Å². The molecule has 36 heavy (non-hydrogen) atoms. The van der Waals surface area contributed by atoms with E-state index in [-0.39, 0.29) is 0 Å². The first-order chi connectivity index (χ1) is 16.7. The molecule has 0 bridgehead atoms. The van der Waals surface area contributed by atoms with Gasteiger partial charge in [-0.1, -0.05) is 105 Å². The molecule has 0 atom stereocenters. The standard InChI is InChI=1S/2C8H18O.2C8H17.O.Zr/c2*1-4-5-6-7-8(2,3)9;2*1-4-5-6-7-8(2)3;;/h2*9H,4-7H2,1-3H3;2*4-7H2,1-3H3;;/q;;2*-1;;+2. The third kappa shape index (κ3) is 76.5. The first-order valence-corrected chi connectivity index (χ1v) is 15.9. The van der Waals surface area contributed by atoms with Crippen LogP contribution in [-0.2, 0) is 27.5 Å². The minimum absolute atomic E-state index is 0.300. The topological polar surface area (TPSA) is 57.5 Å². The summed E-state index contributed by atoms with van der Waals surface area (Å²) in [6, 6.07) is 0. The van der Waals surface area contributed by atoms with Crippen LogP contribution in [0, 0.1) is 11.8 Å². The SMILES string of the molecule is CCCCCC(C)(C)O.CCCCCC(C)(C)O.CCCCC[C-](C)C.CCCCC[C-](C)C.[O]=[Zr+2]. The Morgan fingerprint density at radius 1 is 0.500 bits per heavy atom. The Morgan fingerprint density at radius 2 is 0.722 bits per heavy atom. The molecule has 0 saturated carbocycles. The second-order valence-electron chi connectivity index (χ2n) is 11.9. The third-order valence-corrected chi connectivity index (χ3v) is 5.34. The van der Waals surface area contributed by atoms with Gasteiger partial charge in [-0.05, 0) is 40.5 Å². The predicted octanol–water partition coefficient (Wildman–Crippen LogP) is 10.9. The average Bonchev–Trinajstić information content (AvgIpc) is 2.75. The van der Waals surface area contributed by atoms with E-state index >= 15 is 0 Å². The molecule has 0 aliphatic rings. The van der Waals surface area contributed by atoms with E-state index in [0.29, 0.717) is 24.7 Å². The second-order valence-corrected chi connectivity index (χ2v) is 11.9. The summed E-state index contributed by atoms with van der Waals surface area (Å²) in [6.45, 7) is 25.1. The molecule has 3 nitrogen and oxygen atoms in total. The molecule has 0 aliphatic heterocycles. The molecule has 0 rings (SSSR count). The molecule has 0 amide bonds. The van der Waals surface area contributed by atoms with Crippen molar-refractivity contribution in [3.05, 3.63) is 11.8 Å². The zero-order valence-electron chi connectivity index (χ0n) is 27.1. The molecule has 0 heterocycles. The Morgan fingerprint density at radius 3 is 0.889 bits per heavy atom. The van der Waals surface area contributed by atoms with Crippen molar-refractivity contribution in [1.29, 1.82) is 0 Å². The Hall–Kier alpha value is 0.603. The molecule has 0 radical (unpaired) electrons. The van der Waals surface area contributed by atoms with Gasteiger partial charge in [0.1, 0.15) is 0 Å². The van der Waals surface area contributed by atoms with Gasteiger partial charge >= 0.3 is 27.5 Å². The van der Waals surface area contributed by atoms with Gasteiger partial charge in [0.05, 0.1) is 11.2 Å². The number of aliphatic hydroxyl groups is 2. The molecule has 0 unspecified atom stereocenters. The van der Waals surface area contributed by atoms with Crippen LogP contribution in [-0.4, -0.2) is 21.4 Å². The number of unbranched alkanes of at least 4 members (excludes halogenated alkanes) is 8. The van der Waals surface area contributed by atoms with E-state index in [1.54, 1.807) is 11.8 Å². The molecule has 0 aromatic carbocycles. The first kappa shape index (κ1) is 46.5. The molecule has 0 spiro atoms. The Bertz CT molecular complexity index is 323. The normalized spacial score (nSPS) is 10.8. The summed E-state index contributed by atoms with van der Waals surface area (Å²) in [5.41, 5.74) is -0.898. The van der Waals surface area contributed by atoms with Crippen molar-refractivity contribution in [3.63, 3.8) is 0 Å². The molecular formula is C32H70O3Zr. The summed E-state index contributed by atoms with van der Waals surface area (Å²) in [4.78, 5) is 0. The maximum atomic E-state index is 9.24. The van der Waals surface area contributed by atoms with Crippen LogP contribution >= 0.6 is 0 Å². The van der Waals surface area contributed by atoms with E-state index in [0.717, 1.165) is 25.7 Å². The van der Waals surface area contributed by atoms with Crippen molar-refractivity contribution in [1.82, 2.24) is 0 Å². The predicted molar refractivity (Wildman–Crippen MR) is 159 cm³/mol. The fraction of sp³-hybridized carbons (Fsp3) is 0.938.